The summed E-state index contributed by atoms with van der Waals surface area (Å²) in [7, 11) is 0. The minimum atomic E-state index is 0.681. The third kappa shape index (κ3) is 3.65. The van der Waals surface area contributed by atoms with Crippen molar-refractivity contribution in [2.75, 3.05) is 17.2 Å². The molecule has 19 heavy (non-hydrogen) atoms. The van der Waals surface area contributed by atoms with Gasteiger partial charge in [0.05, 0.1) is 0 Å². The monoisotopic (exact) mass is 260 g/mol. The standard InChI is InChI=1S/C17H28N2/c1-4-8-19(16-7-5-6-15(18)12-16)17-10-13(2)9-14(3)11-17/h5-7,12-14,17H,4,8-11,18H2,1-3H3. The number of anilines is 2. The molecule has 1 fully saturated rings. The van der Waals surface area contributed by atoms with E-state index in [-0.39, 0.29) is 0 Å². The van der Waals surface area contributed by atoms with E-state index in [0.29, 0.717) is 6.04 Å². The lowest BCUT2D eigenvalue weighted by atomic mass is 9.79. The van der Waals surface area contributed by atoms with Gasteiger partial charge in [-0.2, -0.15) is 0 Å². The lowest BCUT2D eigenvalue weighted by molar-refractivity contribution is 0.259. The minimum Gasteiger partial charge on any atom is -0.399 e. The summed E-state index contributed by atoms with van der Waals surface area (Å²) < 4.78 is 0. The first-order valence-electron chi connectivity index (χ1n) is 7.72. The molecule has 2 nitrogen and oxygen atoms in total. The number of nitrogens with zero attached hydrogens (tertiary/aromatic N) is 1. The fourth-order valence-electron chi connectivity index (χ4n) is 3.63. The van der Waals surface area contributed by atoms with Crippen LogP contribution in [0.25, 0.3) is 0 Å². The predicted molar refractivity (Wildman–Crippen MR) is 84.5 cm³/mol. The molecule has 0 spiro atoms. The molecule has 2 unspecified atom stereocenters. The summed E-state index contributed by atoms with van der Waals surface area (Å²) >= 11 is 0. The number of nitrogens with two attached hydrogens (primary N) is 1. The molecule has 0 radical (unpaired) electrons. The lowest BCUT2D eigenvalue weighted by Crippen LogP contribution is -2.41. The molecule has 0 amide bonds. The van der Waals surface area contributed by atoms with E-state index in [2.05, 4.69) is 43.9 Å². The molecule has 2 atom stereocenters. The van der Waals surface area contributed by atoms with E-state index in [0.717, 1.165) is 24.1 Å². The van der Waals surface area contributed by atoms with Crippen molar-refractivity contribution < 1.29 is 0 Å². The molecule has 1 aromatic carbocycles. The number of benzene rings is 1. The van der Waals surface area contributed by atoms with Crippen LogP contribution in [-0.2, 0) is 0 Å². The molecule has 0 saturated heterocycles. The minimum absolute atomic E-state index is 0.681. The summed E-state index contributed by atoms with van der Waals surface area (Å²) in [5.41, 5.74) is 8.12. The highest BCUT2D eigenvalue weighted by Crippen LogP contribution is 2.34. The van der Waals surface area contributed by atoms with Gasteiger partial charge in [-0.05, 0) is 55.7 Å². The van der Waals surface area contributed by atoms with Gasteiger partial charge in [0.2, 0.25) is 0 Å². The molecule has 1 aliphatic carbocycles. The van der Waals surface area contributed by atoms with Gasteiger partial charge in [0.25, 0.3) is 0 Å². The van der Waals surface area contributed by atoms with Crippen LogP contribution in [0.1, 0.15) is 46.5 Å². The Kier molecular flexibility index (Phi) is 4.73. The number of nitrogen functional groups attached to an aromatic ring is 1. The maximum Gasteiger partial charge on any atom is 0.0389 e. The topological polar surface area (TPSA) is 29.3 Å². The van der Waals surface area contributed by atoms with Gasteiger partial charge < -0.3 is 10.6 Å². The molecular formula is C17H28N2. The second-order valence-corrected chi connectivity index (χ2v) is 6.36. The van der Waals surface area contributed by atoms with Gasteiger partial charge >= 0.3 is 0 Å². The molecule has 0 heterocycles. The van der Waals surface area contributed by atoms with Gasteiger partial charge in [-0.3, -0.25) is 0 Å². The predicted octanol–water partition coefficient (Wildman–Crippen LogP) is 4.31. The molecule has 2 N–H and O–H groups in total. The van der Waals surface area contributed by atoms with Crippen molar-refractivity contribution >= 4 is 11.4 Å². The quantitative estimate of drug-likeness (QED) is 0.817. The van der Waals surface area contributed by atoms with Gasteiger partial charge in [0.15, 0.2) is 0 Å². The highest BCUT2D eigenvalue weighted by atomic mass is 15.2. The summed E-state index contributed by atoms with van der Waals surface area (Å²) in [4.78, 5) is 2.59. The van der Waals surface area contributed by atoms with E-state index in [4.69, 9.17) is 5.73 Å². The maximum absolute atomic E-state index is 5.95. The first-order valence-corrected chi connectivity index (χ1v) is 7.72. The largest absolute Gasteiger partial charge is 0.399 e. The van der Waals surface area contributed by atoms with Crippen molar-refractivity contribution in [1.29, 1.82) is 0 Å². The molecule has 0 aromatic heterocycles. The Bertz CT molecular complexity index is 392. The van der Waals surface area contributed by atoms with E-state index < -0.39 is 0 Å². The molecule has 106 valence electrons. The van der Waals surface area contributed by atoms with Gasteiger partial charge in [0.1, 0.15) is 0 Å². The van der Waals surface area contributed by atoms with Crippen molar-refractivity contribution in [3.05, 3.63) is 24.3 Å². The fourth-order valence-corrected chi connectivity index (χ4v) is 3.63. The van der Waals surface area contributed by atoms with Crippen LogP contribution < -0.4 is 10.6 Å². The smallest absolute Gasteiger partial charge is 0.0389 e. The fraction of sp³-hybridized carbons (Fsp3) is 0.647. The van der Waals surface area contributed by atoms with Crippen LogP contribution in [0.15, 0.2) is 24.3 Å². The maximum atomic E-state index is 5.95. The van der Waals surface area contributed by atoms with Gasteiger partial charge in [-0.15, -0.1) is 0 Å². The molecule has 1 saturated carbocycles. The van der Waals surface area contributed by atoms with Crippen LogP contribution in [0.4, 0.5) is 11.4 Å². The molecule has 1 aromatic rings. The van der Waals surface area contributed by atoms with Crippen LogP contribution in [0, 0.1) is 11.8 Å². The summed E-state index contributed by atoms with van der Waals surface area (Å²) in [5.74, 6) is 1.68. The van der Waals surface area contributed by atoms with E-state index in [1.165, 1.54) is 31.4 Å². The Morgan fingerprint density at radius 2 is 1.84 bits per heavy atom. The van der Waals surface area contributed by atoms with Gasteiger partial charge in [0, 0.05) is 24.0 Å². The Labute approximate surface area is 118 Å². The Hall–Kier alpha value is -1.18. The SMILES string of the molecule is CCCN(c1cccc(N)c1)C1CC(C)CC(C)C1. The van der Waals surface area contributed by atoms with Crippen LogP contribution in [0.3, 0.4) is 0 Å². The highest BCUT2D eigenvalue weighted by molar-refractivity contribution is 5.56. The Morgan fingerprint density at radius 3 is 2.42 bits per heavy atom. The molecule has 0 bridgehead atoms. The molecule has 2 heteroatoms. The van der Waals surface area contributed by atoms with E-state index in [1.807, 2.05) is 6.07 Å². The third-order valence-corrected chi connectivity index (χ3v) is 4.26. The van der Waals surface area contributed by atoms with Crippen molar-refractivity contribution in [2.45, 2.75) is 52.5 Å². The Morgan fingerprint density at radius 1 is 1.16 bits per heavy atom. The van der Waals surface area contributed by atoms with Crippen molar-refractivity contribution in [3.8, 4) is 0 Å². The second-order valence-electron chi connectivity index (χ2n) is 6.36. The van der Waals surface area contributed by atoms with Crippen LogP contribution >= 0.6 is 0 Å². The Balaban J connectivity index is 2.19. The van der Waals surface area contributed by atoms with Gasteiger partial charge in [-0.25, -0.2) is 0 Å². The number of rotatable bonds is 4. The first kappa shape index (κ1) is 14.2. The van der Waals surface area contributed by atoms with Crippen molar-refractivity contribution in [1.82, 2.24) is 0 Å². The summed E-state index contributed by atoms with van der Waals surface area (Å²) in [6.07, 6.45) is 5.21. The van der Waals surface area contributed by atoms with Crippen molar-refractivity contribution in [2.24, 2.45) is 11.8 Å². The molecule has 0 aliphatic heterocycles. The number of hydrogen-bond donors (Lipinski definition) is 1. The second kappa shape index (κ2) is 6.31. The van der Waals surface area contributed by atoms with E-state index in [1.54, 1.807) is 0 Å². The zero-order valence-corrected chi connectivity index (χ0v) is 12.6. The zero-order valence-electron chi connectivity index (χ0n) is 12.6. The summed E-state index contributed by atoms with van der Waals surface area (Å²) in [6, 6.07) is 9.05. The van der Waals surface area contributed by atoms with E-state index >= 15 is 0 Å². The van der Waals surface area contributed by atoms with Crippen LogP contribution in [0.2, 0.25) is 0 Å². The molecule has 2 rings (SSSR count). The summed E-state index contributed by atoms with van der Waals surface area (Å²) in [6.45, 7) is 8.18. The lowest BCUT2D eigenvalue weighted by Gasteiger charge is -2.40. The average molecular weight is 260 g/mol. The normalized spacial score (nSPS) is 27.2. The first-order chi connectivity index (χ1) is 9.10. The summed E-state index contributed by atoms with van der Waals surface area (Å²) in [5, 5.41) is 0. The van der Waals surface area contributed by atoms with Crippen LogP contribution in [0.5, 0.6) is 0 Å². The molecular weight excluding hydrogens is 232 g/mol. The van der Waals surface area contributed by atoms with E-state index in [9.17, 15) is 0 Å². The van der Waals surface area contributed by atoms with Gasteiger partial charge in [-0.1, -0.05) is 26.8 Å². The number of hydrogen-bond acceptors (Lipinski definition) is 2. The average Bonchev–Trinajstić information content (AvgIpc) is 2.34. The van der Waals surface area contributed by atoms with Crippen molar-refractivity contribution in [3.63, 3.8) is 0 Å². The molecule has 1 aliphatic rings. The van der Waals surface area contributed by atoms with Crippen LogP contribution in [-0.4, -0.2) is 12.6 Å². The third-order valence-electron chi connectivity index (χ3n) is 4.26. The highest BCUT2D eigenvalue weighted by Gasteiger charge is 2.28. The zero-order chi connectivity index (χ0) is 13.8.